The summed E-state index contributed by atoms with van der Waals surface area (Å²) < 4.78 is 5.27. The fourth-order valence-corrected chi connectivity index (χ4v) is 6.63. The van der Waals surface area contributed by atoms with Crippen LogP contribution in [0, 0.1) is 19.8 Å². The van der Waals surface area contributed by atoms with Crippen molar-refractivity contribution in [3.8, 4) is 11.1 Å². The van der Waals surface area contributed by atoms with Crippen LogP contribution in [0.15, 0.2) is 48.5 Å². The number of benzene rings is 2. The van der Waals surface area contributed by atoms with Crippen molar-refractivity contribution in [2.24, 2.45) is 5.92 Å². The van der Waals surface area contributed by atoms with Crippen LogP contribution in [-0.2, 0) is 19.2 Å². The average Bonchev–Trinajstić information content (AvgIpc) is 3.37. The molecule has 0 radical (unpaired) electrons. The SMILES string of the molecule is CCOC(=O)c1c(N2C(=O)CC3ON4c5ccccc5-c5ccccc5C4C3C2=O)sc(C)c1C. The van der Waals surface area contributed by atoms with Gasteiger partial charge in [0, 0.05) is 10.4 Å². The number of nitrogens with zero attached hydrogens (tertiary/aromatic N) is 2. The molecule has 3 unspecified atom stereocenters. The first-order chi connectivity index (χ1) is 16.9. The lowest BCUT2D eigenvalue weighted by atomic mass is 9.79. The molecule has 0 spiro atoms. The van der Waals surface area contributed by atoms with Crippen molar-refractivity contribution in [3.63, 3.8) is 0 Å². The van der Waals surface area contributed by atoms with Crippen LogP contribution in [0.1, 0.15) is 45.7 Å². The Morgan fingerprint density at radius 1 is 1.09 bits per heavy atom. The maximum Gasteiger partial charge on any atom is 0.341 e. The lowest BCUT2D eigenvalue weighted by Crippen LogP contribution is -2.51. The summed E-state index contributed by atoms with van der Waals surface area (Å²) in [6.07, 6.45) is -0.532. The zero-order valence-corrected chi connectivity index (χ0v) is 20.4. The maximum absolute atomic E-state index is 14.1. The molecule has 3 aliphatic rings. The molecule has 4 heterocycles. The summed E-state index contributed by atoms with van der Waals surface area (Å²) in [6.45, 7) is 5.64. The molecule has 2 fully saturated rings. The molecule has 178 valence electrons. The number of carbonyl (C=O) groups is 3. The van der Waals surface area contributed by atoms with E-state index in [0.29, 0.717) is 10.6 Å². The lowest BCUT2D eigenvalue weighted by molar-refractivity contribution is -0.136. The number of rotatable bonds is 3. The molecule has 2 amide bonds. The van der Waals surface area contributed by atoms with Gasteiger partial charge < -0.3 is 4.74 Å². The maximum atomic E-state index is 14.1. The second-order valence-corrected chi connectivity index (χ2v) is 10.2. The van der Waals surface area contributed by atoms with Gasteiger partial charge in [-0.25, -0.2) is 14.8 Å². The number of hydrogen-bond acceptors (Lipinski definition) is 7. The van der Waals surface area contributed by atoms with E-state index in [4.69, 9.17) is 9.57 Å². The third-order valence-electron chi connectivity index (χ3n) is 7.13. The highest BCUT2D eigenvalue weighted by Crippen LogP contribution is 2.54. The second kappa shape index (κ2) is 8.03. The van der Waals surface area contributed by atoms with E-state index in [9.17, 15) is 14.4 Å². The van der Waals surface area contributed by atoms with E-state index in [-0.39, 0.29) is 30.9 Å². The normalized spacial score (nSPS) is 22.4. The molecule has 3 aromatic rings. The number of amides is 2. The minimum absolute atomic E-state index is 0.0476. The molecular weight excluding hydrogens is 464 g/mol. The number of imide groups is 1. The van der Waals surface area contributed by atoms with Gasteiger partial charge in [0.1, 0.15) is 11.1 Å². The highest BCUT2D eigenvalue weighted by molar-refractivity contribution is 7.17. The van der Waals surface area contributed by atoms with Crippen LogP contribution < -0.4 is 9.96 Å². The number of anilines is 2. The van der Waals surface area contributed by atoms with Gasteiger partial charge in [0.15, 0.2) is 0 Å². The summed E-state index contributed by atoms with van der Waals surface area (Å²) >= 11 is 1.28. The summed E-state index contributed by atoms with van der Waals surface area (Å²) in [6, 6.07) is 15.6. The fourth-order valence-electron chi connectivity index (χ4n) is 5.46. The Bertz CT molecular complexity index is 1400. The Kier molecular flexibility index (Phi) is 5.05. The van der Waals surface area contributed by atoms with Crippen molar-refractivity contribution in [1.29, 1.82) is 0 Å². The van der Waals surface area contributed by atoms with E-state index < -0.39 is 18.0 Å². The van der Waals surface area contributed by atoms with Crippen molar-refractivity contribution in [2.45, 2.75) is 39.3 Å². The predicted octanol–water partition coefficient (Wildman–Crippen LogP) is 4.96. The fraction of sp³-hybridized carbons (Fsp3) is 0.296. The Hall–Kier alpha value is -3.49. The van der Waals surface area contributed by atoms with Gasteiger partial charge in [-0.05, 0) is 43.5 Å². The number of ether oxygens (including phenoxy) is 1. The Morgan fingerprint density at radius 2 is 1.80 bits per heavy atom. The molecule has 0 N–H and O–H groups in total. The molecule has 0 saturated carbocycles. The van der Waals surface area contributed by atoms with E-state index in [1.807, 2.05) is 56.3 Å². The predicted molar refractivity (Wildman–Crippen MR) is 132 cm³/mol. The lowest BCUT2D eigenvalue weighted by Gasteiger charge is -2.36. The first kappa shape index (κ1) is 22.0. The van der Waals surface area contributed by atoms with Crippen LogP contribution in [0.2, 0.25) is 0 Å². The van der Waals surface area contributed by atoms with E-state index in [1.54, 1.807) is 12.0 Å². The van der Waals surface area contributed by atoms with Crippen LogP contribution >= 0.6 is 11.3 Å². The zero-order chi connectivity index (χ0) is 24.4. The highest BCUT2D eigenvalue weighted by atomic mass is 32.1. The van der Waals surface area contributed by atoms with Crippen molar-refractivity contribution in [2.75, 3.05) is 16.6 Å². The quantitative estimate of drug-likeness (QED) is 0.383. The highest BCUT2D eigenvalue weighted by Gasteiger charge is 2.57. The van der Waals surface area contributed by atoms with Gasteiger partial charge in [0.2, 0.25) is 11.8 Å². The zero-order valence-electron chi connectivity index (χ0n) is 19.6. The largest absolute Gasteiger partial charge is 0.462 e. The summed E-state index contributed by atoms with van der Waals surface area (Å²) in [5.74, 6) is -1.84. The number of carbonyl (C=O) groups excluding carboxylic acids is 3. The summed E-state index contributed by atoms with van der Waals surface area (Å²) in [5, 5.41) is 2.15. The topological polar surface area (TPSA) is 76.2 Å². The van der Waals surface area contributed by atoms with Gasteiger partial charge in [-0.15, -0.1) is 11.3 Å². The average molecular weight is 489 g/mol. The van der Waals surface area contributed by atoms with E-state index in [0.717, 1.165) is 32.8 Å². The summed E-state index contributed by atoms with van der Waals surface area (Å²) in [5.41, 5.74) is 4.98. The Balaban J connectivity index is 1.47. The third-order valence-corrected chi connectivity index (χ3v) is 8.33. The van der Waals surface area contributed by atoms with Crippen molar-refractivity contribution in [1.82, 2.24) is 0 Å². The van der Waals surface area contributed by atoms with Crippen LogP contribution in [0.4, 0.5) is 10.7 Å². The van der Waals surface area contributed by atoms with Gasteiger partial charge >= 0.3 is 5.97 Å². The number of esters is 1. The monoisotopic (exact) mass is 488 g/mol. The summed E-state index contributed by atoms with van der Waals surface area (Å²) in [7, 11) is 0. The van der Waals surface area contributed by atoms with Crippen LogP contribution in [0.3, 0.4) is 0 Å². The van der Waals surface area contributed by atoms with E-state index in [2.05, 4.69) is 6.07 Å². The standard InChI is InChI=1S/C27H24N2O5S/c1-4-33-27(32)22-14(2)15(3)35-26(22)28-21(30)13-20-23(25(28)31)24-18-11-6-5-9-16(18)17-10-7-8-12-19(17)29(24)34-20/h5-12,20,23-24H,4,13H2,1-3H3. The van der Waals surface area contributed by atoms with Crippen LogP contribution in [0.5, 0.6) is 0 Å². The minimum Gasteiger partial charge on any atom is -0.462 e. The van der Waals surface area contributed by atoms with Crippen molar-refractivity contribution >= 4 is 39.8 Å². The smallest absolute Gasteiger partial charge is 0.341 e. The third kappa shape index (κ3) is 3.10. The second-order valence-electron chi connectivity index (χ2n) is 9.00. The number of fused-ring (bicyclic) bond motifs is 8. The van der Waals surface area contributed by atoms with Gasteiger partial charge in [-0.3, -0.25) is 14.4 Å². The first-order valence-corrected chi connectivity index (χ1v) is 12.5. The number of hydrogen-bond donors (Lipinski definition) is 0. The molecule has 8 heteroatoms. The molecule has 0 aliphatic carbocycles. The molecule has 2 saturated heterocycles. The minimum atomic E-state index is -0.597. The number of thiophene rings is 1. The molecule has 7 nitrogen and oxygen atoms in total. The molecule has 0 bridgehead atoms. The van der Waals surface area contributed by atoms with Gasteiger partial charge in [-0.2, -0.15) is 0 Å². The molecule has 1 aromatic heterocycles. The molecule has 3 aliphatic heterocycles. The van der Waals surface area contributed by atoms with E-state index in [1.165, 1.54) is 16.2 Å². The summed E-state index contributed by atoms with van der Waals surface area (Å²) in [4.78, 5) is 48.6. The number of para-hydroxylation sites is 1. The number of hydroxylamine groups is 1. The molecular formula is C27H24N2O5S. The Labute approximate surface area is 206 Å². The number of piperidine rings is 1. The molecule has 2 aromatic carbocycles. The molecule has 3 atom stereocenters. The van der Waals surface area contributed by atoms with Gasteiger partial charge in [-0.1, -0.05) is 42.5 Å². The van der Waals surface area contributed by atoms with Gasteiger partial charge in [0.25, 0.3) is 0 Å². The first-order valence-electron chi connectivity index (χ1n) is 11.7. The number of aryl methyl sites for hydroxylation is 1. The van der Waals surface area contributed by atoms with Crippen molar-refractivity contribution in [3.05, 3.63) is 70.1 Å². The van der Waals surface area contributed by atoms with E-state index >= 15 is 0 Å². The molecule has 35 heavy (non-hydrogen) atoms. The van der Waals surface area contributed by atoms with Crippen molar-refractivity contribution < 1.29 is 24.0 Å². The van der Waals surface area contributed by atoms with Gasteiger partial charge in [0.05, 0.1) is 36.2 Å². The Morgan fingerprint density at radius 3 is 2.57 bits per heavy atom. The molecule has 6 rings (SSSR count). The van der Waals surface area contributed by atoms with Crippen LogP contribution in [-0.4, -0.2) is 30.5 Å². The van der Waals surface area contributed by atoms with Crippen LogP contribution in [0.25, 0.3) is 11.1 Å².